The summed E-state index contributed by atoms with van der Waals surface area (Å²) in [6.07, 6.45) is 3.84. The van der Waals surface area contributed by atoms with Crippen LogP contribution in [0, 0.1) is 0 Å². The highest BCUT2D eigenvalue weighted by atomic mass is 16.3. The van der Waals surface area contributed by atoms with Gasteiger partial charge in [0.2, 0.25) is 0 Å². The first-order chi connectivity index (χ1) is 25.3. The Labute approximate surface area is 294 Å². The molecule has 10 aromatic rings. The van der Waals surface area contributed by atoms with Crippen LogP contribution in [0.2, 0.25) is 0 Å². The third-order valence-corrected chi connectivity index (χ3v) is 9.69. The smallest absolute Gasteiger partial charge is 0.159 e. The zero-order valence-electron chi connectivity index (χ0n) is 27.5. The van der Waals surface area contributed by atoms with E-state index in [0.29, 0.717) is 5.82 Å². The predicted molar refractivity (Wildman–Crippen MR) is 209 cm³/mol. The van der Waals surface area contributed by atoms with Crippen molar-refractivity contribution >= 4 is 60.8 Å². The van der Waals surface area contributed by atoms with Gasteiger partial charge in [-0.1, -0.05) is 97.1 Å². The molecule has 240 valence electrons. The van der Waals surface area contributed by atoms with Gasteiger partial charge in [-0.05, 0) is 83.9 Å². The third kappa shape index (κ3) is 4.94. The second-order valence-corrected chi connectivity index (χ2v) is 12.7. The fourth-order valence-electron chi connectivity index (χ4n) is 7.29. The summed E-state index contributed by atoms with van der Waals surface area (Å²) in [7, 11) is 0. The first kappa shape index (κ1) is 29.0. The van der Waals surface area contributed by atoms with Crippen molar-refractivity contribution in [1.82, 2.24) is 14.5 Å². The minimum absolute atomic E-state index is 0.674. The van der Waals surface area contributed by atoms with Crippen molar-refractivity contribution in [3.63, 3.8) is 0 Å². The zero-order valence-corrected chi connectivity index (χ0v) is 27.5. The van der Waals surface area contributed by atoms with Gasteiger partial charge in [0.1, 0.15) is 11.2 Å². The minimum atomic E-state index is 0.674. The van der Waals surface area contributed by atoms with Crippen molar-refractivity contribution in [3.05, 3.63) is 182 Å². The zero-order chi connectivity index (χ0) is 33.7. The van der Waals surface area contributed by atoms with E-state index in [1.165, 1.54) is 21.9 Å². The Balaban J connectivity index is 1.07. The SMILES string of the molecule is c1ccc(-c2ccc(N(c3cnc(-c4ccc5c(c4)c4ccccc4n5-c4ccccc4)nc3)c3ccc4oc5ccccc5c4c3)cc2)cc1. The van der Waals surface area contributed by atoms with Crippen LogP contribution < -0.4 is 4.90 Å². The predicted octanol–water partition coefficient (Wildman–Crippen LogP) is 12.3. The maximum Gasteiger partial charge on any atom is 0.159 e. The Morgan fingerprint density at radius 3 is 1.82 bits per heavy atom. The summed E-state index contributed by atoms with van der Waals surface area (Å²) in [5.74, 6) is 0.674. The van der Waals surface area contributed by atoms with Crippen LogP contribution >= 0.6 is 0 Å². The monoisotopic (exact) mass is 654 g/mol. The second kappa shape index (κ2) is 11.9. The summed E-state index contributed by atoms with van der Waals surface area (Å²) in [5, 5.41) is 4.52. The van der Waals surface area contributed by atoms with Gasteiger partial charge in [0.15, 0.2) is 5.82 Å². The van der Waals surface area contributed by atoms with E-state index in [2.05, 4.69) is 149 Å². The fraction of sp³-hybridized carbons (Fsp3) is 0. The normalized spacial score (nSPS) is 11.5. The van der Waals surface area contributed by atoms with E-state index in [0.717, 1.165) is 61.3 Å². The number of para-hydroxylation sites is 3. The topological polar surface area (TPSA) is 47.1 Å². The van der Waals surface area contributed by atoms with Gasteiger partial charge in [-0.3, -0.25) is 0 Å². The van der Waals surface area contributed by atoms with Crippen molar-refractivity contribution < 1.29 is 4.42 Å². The Morgan fingerprint density at radius 1 is 0.412 bits per heavy atom. The van der Waals surface area contributed by atoms with E-state index < -0.39 is 0 Å². The fourth-order valence-corrected chi connectivity index (χ4v) is 7.29. The molecule has 3 aromatic heterocycles. The minimum Gasteiger partial charge on any atom is -0.456 e. The standard InChI is InChI=1S/C46H30N4O/c1-3-11-31(12-4-1)32-19-22-35(23-20-32)49(36-24-26-45-41(28-36)39-16-8-10-18-44(39)51-45)37-29-47-46(48-30-37)33-21-25-43-40(27-33)38-15-7-9-17-42(38)50(43)34-13-5-2-6-14-34/h1-30H. The van der Waals surface area contributed by atoms with Crippen LogP contribution in [0.1, 0.15) is 0 Å². The maximum atomic E-state index is 6.17. The first-order valence-electron chi connectivity index (χ1n) is 17.1. The number of hydrogen-bond acceptors (Lipinski definition) is 4. The largest absolute Gasteiger partial charge is 0.456 e. The van der Waals surface area contributed by atoms with E-state index >= 15 is 0 Å². The summed E-state index contributed by atoms with van der Waals surface area (Å²) in [5.41, 5.74) is 11.4. The van der Waals surface area contributed by atoms with Gasteiger partial charge in [0.25, 0.3) is 0 Å². The lowest BCUT2D eigenvalue weighted by molar-refractivity contribution is 0.669. The molecule has 0 saturated carbocycles. The van der Waals surface area contributed by atoms with Crippen molar-refractivity contribution in [2.75, 3.05) is 4.90 Å². The molecule has 0 N–H and O–H groups in total. The molecule has 0 unspecified atom stereocenters. The molecule has 0 aliphatic carbocycles. The van der Waals surface area contributed by atoms with E-state index in [4.69, 9.17) is 14.4 Å². The van der Waals surface area contributed by atoms with Crippen LogP contribution in [0.4, 0.5) is 17.1 Å². The highest BCUT2D eigenvalue weighted by Crippen LogP contribution is 2.40. The van der Waals surface area contributed by atoms with Gasteiger partial charge in [0, 0.05) is 44.2 Å². The highest BCUT2D eigenvalue weighted by Gasteiger charge is 2.18. The summed E-state index contributed by atoms with van der Waals surface area (Å²) in [4.78, 5) is 12.1. The molecule has 7 aromatic carbocycles. The Morgan fingerprint density at radius 2 is 1.02 bits per heavy atom. The molecule has 0 radical (unpaired) electrons. The lowest BCUT2D eigenvalue weighted by Crippen LogP contribution is -2.11. The summed E-state index contributed by atoms with van der Waals surface area (Å²) in [6, 6.07) is 59.2. The van der Waals surface area contributed by atoms with E-state index in [1.807, 2.05) is 42.7 Å². The molecular weight excluding hydrogens is 625 g/mol. The molecule has 51 heavy (non-hydrogen) atoms. The molecule has 5 nitrogen and oxygen atoms in total. The highest BCUT2D eigenvalue weighted by molar-refractivity contribution is 6.10. The summed E-state index contributed by atoms with van der Waals surface area (Å²) < 4.78 is 8.49. The van der Waals surface area contributed by atoms with Gasteiger partial charge >= 0.3 is 0 Å². The quantitative estimate of drug-likeness (QED) is 0.179. The lowest BCUT2D eigenvalue weighted by Gasteiger charge is -2.25. The van der Waals surface area contributed by atoms with Crippen LogP contribution in [0.3, 0.4) is 0 Å². The molecule has 0 aliphatic rings. The molecule has 5 heteroatoms. The summed E-state index contributed by atoms with van der Waals surface area (Å²) >= 11 is 0. The van der Waals surface area contributed by atoms with E-state index in [-0.39, 0.29) is 0 Å². The van der Waals surface area contributed by atoms with E-state index in [9.17, 15) is 0 Å². The number of furan rings is 1. The molecule has 0 aliphatic heterocycles. The number of fused-ring (bicyclic) bond motifs is 6. The van der Waals surface area contributed by atoms with Crippen LogP contribution in [0.5, 0.6) is 0 Å². The van der Waals surface area contributed by atoms with Gasteiger partial charge < -0.3 is 13.9 Å². The third-order valence-electron chi connectivity index (χ3n) is 9.69. The second-order valence-electron chi connectivity index (χ2n) is 12.7. The van der Waals surface area contributed by atoms with Crippen molar-refractivity contribution in [2.24, 2.45) is 0 Å². The molecular formula is C46H30N4O. The van der Waals surface area contributed by atoms with Gasteiger partial charge in [-0.15, -0.1) is 0 Å². The lowest BCUT2D eigenvalue weighted by atomic mass is 10.0. The van der Waals surface area contributed by atoms with E-state index in [1.54, 1.807) is 0 Å². The molecule has 0 fully saturated rings. The number of nitrogens with zero attached hydrogens (tertiary/aromatic N) is 4. The average molecular weight is 655 g/mol. The van der Waals surface area contributed by atoms with Crippen LogP contribution in [0.15, 0.2) is 187 Å². The van der Waals surface area contributed by atoms with Crippen LogP contribution in [-0.2, 0) is 0 Å². The number of benzene rings is 7. The van der Waals surface area contributed by atoms with Crippen LogP contribution in [0.25, 0.3) is 71.9 Å². The van der Waals surface area contributed by atoms with Crippen LogP contribution in [-0.4, -0.2) is 14.5 Å². The Bertz CT molecular complexity index is 2840. The average Bonchev–Trinajstić information content (AvgIpc) is 3.74. The Kier molecular flexibility index (Phi) is 6.74. The van der Waals surface area contributed by atoms with Crippen molar-refractivity contribution in [2.45, 2.75) is 0 Å². The number of aromatic nitrogens is 3. The molecule has 0 spiro atoms. The molecule has 0 saturated heterocycles. The molecule has 10 rings (SSSR count). The maximum absolute atomic E-state index is 6.17. The first-order valence-corrected chi connectivity index (χ1v) is 17.1. The number of anilines is 3. The molecule has 0 atom stereocenters. The van der Waals surface area contributed by atoms with Crippen molar-refractivity contribution in [3.8, 4) is 28.2 Å². The molecule has 3 heterocycles. The molecule has 0 amide bonds. The van der Waals surface area contributed by atoms with Crippen molar-refractivity contribution in [1.29, 1.82) is 0 Å². The van der Waals surface area contributed by atoms with Gasteiger partial charge in [-0.2, -0.15) is 0 Å². The molecule has 0 bridgehead atoms. The van der Waals surface area contributed by atoms with Gasteiger partial charge in [-0.25, -0.2) is 9.97 Å². The summed E-state index contributed by atoms with van der Waals surface area (Å²) in [6.45, 7) is 0. The number of hydrogen-bond donors (Lipinski definition) is 0. The number of rotatable bonds is 6. The Hall–Kier alpha value is -6.98. The van der Waals surface area contributed by atoms with Gasteiger partial charge in [0.05, 0.1) is 29.1 Å².